The fourth-order valence-electron chi connectivity index (χ4n) is 3.11. The first-order valence-electron chi connectivity index (χ1n) is 8.58. The first-order valence-corrected chi connectivity index (χ1v) is 8.58. The van der Waals surface area contributed by atoms with Crippen molar-refractivity contribution in [1.29, 1.82) is 0 Å². The number of carbonyl (C=O) groups excluding carboxylic acids is 2. The number of rotatable bonds is 5. The van der Waals surface area contributed by atoms with Crippen LogP contribution in [0.25, 0.3) is 0 Å². The van der Waals surface area contributed by atoms with Crippen LogP contribution in [-0.4, -0.2) is 17.9 Å². The maximum absolute atomic E-state index is 13.9. The average Bonchev–Trinajstić information content (AvgIpc) is 3.50. The van der Waals surface area contributed by atoms with Gasteiger partial charge in [-0.15, -0.1) is 0 Å². The van der Waals surface area contributed by atoms with E-state index in [2.05, 4.69) is 10.6 Å². The fourth-order valence-corrected chi connectivity index (χ4v) is 3.11. The molecule has 4 nitrogen and oxygen atoms in total. The van der Waals surface area contributed by atoms with E-state index >= 15 is 0 Å². The molecule has 2 aliphatic carbocycles. The van der Waals surface area contributed by atoms with Crippen LogP contribution < -0.4 is 10.6 Å². The van der Waals surface area contributed by atoms with Crippen LogP contribution in [-0.2, 0) is 4.79 Å². The number of benzene rings is 2. The van der Waals surface area contributed by atoms with Crippen molar-refractivity contribution in [2.24, 2.45) is 5.92 Å². The van der Waals surface area contributed by atoms with Gasteiger partial charge in [-0.1, -0.05) is 30.3 Å². The van der Waals surface area contributed by atoms with Crippen molar-refractivity contribution in [3.05, 3.63) is 65.5 Å². The Bertz CT molecular complexity index is 832. The molecule has 4 rings (SSSR count). The van der Waals surface area contributed by atoms with E-state index in [1.165, 1.54) is 6.07 Å². The monoisotopic (exact) mass is 338 g/mol. The molecule has 2 N–H and O–H groups in total. The van der Waals surface area contributed by atoms with Gasteiger partial charge in [-0.25, -0.2) is 4.39 Å². The molecule has 0 saturated heterocycles. The summed E-state index contributed by atoms with van der Waals surface area (Å²) in [7, 11) is 0. The third kappa shape index (κ3) is 3.40. The summed E-state index contributed by atoms with van der Waals surface area (Å²) in [6.07, 6.45) is 2.64. The van der Waals surface area contributed by atoms with Gasteiger partial charge in [0.25, 0.3) is 5.91 Å². The van der Waals surface area contributed by atoms with Gasteiger partial charge in [0.1, 0.15) is 5.82 Å². The van der Waals surface area contributed by atoms with Crippen LogP contribution in [0.3, 0.4) is 0 Å². The third-order valence-corrected chi connectivity index (χ3v) is 4.77. The first-order chi connectivity index (χ1) is 12.1. The van der Waals surface area contributed by atoms with Gasteiger partial charge in [0.15, 0.2) is 0 Å². The summed E-state index contributed by atoms with van der Waals surface area (Å²) in [5.74, 6) is -0.947. The van der Waals surface area contributed by atoms with Crippen molar-refractivity contribution in [3.8, 4) is 0 Å². The number of nitrogens with one attached hydrogen (secondary N) is 2. The van der Waals surface area contributed by atoms with Crippen molar-refractivity contribution in [2.45, 2.75) is 31.2 Å². The second-order valence-electron chi connectivity index (χ2n) is 6.75. The Morgan fingerprint density at radius 1 is 1.00 bits per heavy atom. The molecule has 0 bridgehead atoms. The Kier molecular flexibility index (Phi) is 3.99. The van der Waals surface area contributed by atoms with Crippen molar-refractivity contribution in [3.63, 3.8) is 0 Å². The summed E-state index contributed by atoms with van der Waals surface area (Å²) < 4.78 is 13.9. The van der Waals surface area contributed by atoms with Crippen molar-refractivity contribution in [1.82, 2.24) is 5.32 Å². The molecular weight excluding hydrogens is 319 g/mol. The number of halogens is 1. The summed E-state index contributed by atoms with van der Waals surface area (Å²) in [6.45, 7) is 0. The molecule has 0 spiro atoms. The number of anilines is 1. The van der Waals surface area contributed by atoms with Crippen LogP contribution >= 0.6 is 0 Å². The zero-order chi connectivity index (χ0) is 17.4. The lowest BCUT2D eigenvalue weighted by Gasteiger charge is -2.11. The highest BCUT2D eigenvalue weighted by Crippen LogP contribution is 2.48. The Hall–Kier alpha value is -2.69. The number of hydrogen-bond donors (Lipinski definition) is 2. The van der Waals surface area contributed by atoms with Gasteiger partial charge in [0.2, 0.25) is 5.91 Å². The molecule has 2 aromatic rings. The molecule has 2 aliphatic rings. The van der Waals surface area contributed by atoms with E-state index in [-0.39, 0.29) is 35.5 Å². The minimum atomic E-state index is -0.271. The molecule has 2 saturated carbocycles. The lowest BCUT2D eigenvalue weighted by atomic mass is 10.1. The Balaban J connectivity index is 1.45. The zero-order valence-electron chi connectivity index (χ0n) is 13.7. The molecule has 2 aromatic carbocycles. The van der Waals surface area contributed by atoms with E-state index in [0.29, 0.717) is 23.2 Å². The molecule has 2 atom stereocenters. The summed E-state index contributed by atoms with van der Waals surface area (Å²) in [5, 5.41) is 5.77. The molecule has 2 fully saturated rings. The van der Waals surface area contributed by atoms with Gasteiger partial charge in [-0.2, -0.15) is 0 Å². The zero-order valence-corrected chi connectivity index (χ0v) is 13.7. The maximum atomic E-state index is 13.9. The fraction of sp³-hybridized carbons (Fsp3) is 0.300. The summed E-state index contributed by atoms with van der Waals surface area (Å²) in [5.41, 5.74) is 1.55. The minimum absolute atomic E-state index is 0.0892. The standard InChI is InChI=1S/C20H19FN2O2/c21-17-7-3-1-5-13(17)15-11-16(15)20(25)23-18-8-4-2-6-14(18)19(24)22-12-9-10-12/h1-8,12,15-16H,9-11H2,(H,22,24)(H,23,25). The molecule has 0 aliphatic heterocycles. The Morgan fingerprint density at radius 2 is 1.72 bits per heavy atom. The summed E-state index contributed by atoms with van der Waals surface area (Å²) in [4.78, 5) is 24.8. The molecule has 2 unspecified atom stereocenters. The number of para-hydroxylation sites is 1. The Morgan fingerprint density at radius 3 is 2.48 bits per heavy atom. The van der Waals surface area contributed by atoms with Crippen molar-refractivity contribution in [2.75, 3.05) is 5.32 Å². The van der Waals surface area contributed by atoms with Gasteiger partial charge in [0, 0.05) is 12.0 Å². The normalized spacial score (nSPS) is 21.5. The molecule has 128 valence electrons. The number of carbonyl (C=O) groups is 2. The predicted molar refractivity (Wildman–Crippen MR) is 92.8 cm³/mol. The second kappa shape index (κ2) is 6.31. The summed E-state index contributed by atoms with van der Waals surface area (Å²) in [6, 6.07) is 13.8. The molecule has 0 radical (unpaired) electrons. The van der Waals surface area contributed by atoms with Gasteiger partial charge in [-0.3, -0.25) is 9.59 Å². The quantitative estimate of drug-likeness (QED) is 0.877. The van der Waals surface area contributed by atoms with E-state index in [4.69, 9.17) is 0 Å². The topological polar surface area (TPSA) is 58.2 Å². The second-order valence-corrected chi connectivity index (χ2v) is 6.75. The predicted octanol–water partition coefficient (Wildman–Crippen LogP) is 3.46. The highest BCUT2D eigenvalue weighted by molar-refractivity contribution is 6.05. The van der Waals surface area contributed by atoms with Crippen molar-refractivity contribution < 1.29 is 14.0 Å². The third-order valence-electron chi connectivity index (χ3n) is 4.77. The van der Waals surface area contributed by atoms with Crippen LogP contribution in [0.4, 0.5) is 10.1 Å². The van der Waals surface area contributed by atoms with E-state index in [0.717, 1.165) is 12.8 Å². The van der Waals surface area contributed by atoms with E-state index in [9.17, 15) is 14.0 Å². The van der Waals surface area contributed by atoms with Crippen LogP contribution in [0.5, 0.6) is 0 Å². The van der Waals surface area contributed by atoms with Crippen LogP contribution in [0.1, 0.15) is 41.1 Å². The van der Waals surface area contributed by atoms with E-state index < -0.39 is 0 Å². The van der Waals surface area contributed by atoms with E-state index in [1.54, 1.807) is 42.5 Å². The maximum Gasteiger partial charge on any atom is 0.253 e. The largest absolute Gasteiger partial charge is 0.349 e. The molecule has 25 heavy (non-hydrogen) atoms. The van der Waals surface area contributed by atoms with Gasteiger partial charge < -0.3 is 10.6 Å². The van der Waals surface area contributed by atoms with Crippen LogP contribution in [0, 0.1) is 11.7 Å². The molecular formula is C20H19FN2O2. The average molecular weight is 338 g/mol. The van der Waals surface area contributed by atoms with Crippen LogP contribution in [0.15, 0.2) is 48.5 Å². The molecule has 0 aromatic heterocycles. The Labute approximate surface area is 145 Å². The minimum Gasteiger partial charge on any atom is -0.349 e. The molecule has 0 heterocycles. The smallest absolute Gasteiger partial charge is 0.253 e. The van der Waals surface area contributed by atoms with Gasteiger partial charge in [-0.05, 0) is 48.9 Å². The van der Waals surface area contributed by atoms with Crippen molar-refractivity contribution >= 4 is 17.5 Å². The lowest BCUT2D eigenvalue weighted by Crippen LogP contribution is -2.27. The summed E-state index contributed by atoms with van der Waals surface area (Å²) >= 11 is 0. The highest BCUT2D eigenvalue weighted by atomic mass is 19.1. The number of amides is 2. The van der Waals surface area contributed by atoms with E-state index in [1.807, 2.05) is 0 Å². The van der Waals surface area contributed by atoms with Gasteiger partial charge >= 0.3 is 0 Å². The number of hydrogen-bond acceptors (Lipinski definition) is 2. The highest BCUT2D eigenvalue weighted by Gasteiger charge is 2.45. The van der Waals surface area contributed by atoms with Gasteiger partial charge in [0.05, 0.1) is 11.3 Å². The SMILES string of the molecule is O=C(NC1CC1)c1ccccc1NC(=O)C1CC1c1ccccc1F. The lowest BCUT2D eigenvalue weighted by molar-refractivity contribution is -0.117. The molecule has 5 heteroatoms. The van der Waals surface area contributed by atoms with Crippen LogP contribution in [0.2, 0.25) is 0 Å². The molecule has 2 amide bonds. The first kappa shape index (κ1) is 15.8.